The molecule has 3 heterocycles. The van der Waals surface area contributed by atoms with Crippen LogP contribution in [0.1, 0.15) is 34.4 Å². The summed E-state index contributed by atoms with van der Waals surface area (Å²) in [6, 6.07) is 18.8. The second-order valence-electron chi connectivity index (χ2n) is 7.32. The van der Waals surface area contributed by atoms with Crippen LogP contribution < -0.4 is 16.6 Å². The van der Waals surface area contributed by atoms with Crippen molar-refractivity contribution >= 4 is 29.5 Å². The molecule has 4 rings (SSSR count). The van der Waals surface area contributed by atoms with Crippen LogP contribution in [0.25, 0.3) is 0 Å². The molecule has 0 aliphatic heterocycles. The van der Waals surface area contributed by atoms with Crippen molar-refractivity contribution in [1.82, 2.24) is 25.4 Å². The maximum atomic E-state index is 11.5. The van der Waals surface area contributed by atoms with Crippen LogP contribution in [0.2, 0.25) is 5.02 Å². The molecule has 0 saturated heterocycles. The van der Waals surface area contributed by atoms with Crippen molar-refractivity contribution in [2.24, 2.45) is 0 Å². The first kappa shape index (κ1) is 22.9. The predicted molar refractivity (Wildman–Crippen MR) is 129 cm³/mol. The molecule has 172 valence electrons. The summed E-state index contributed by atoms with van der Waals surface area (Å²) in [5.74, 6) is -0.00622. The molecule has 0 fully saturated rings. The molecule has 10 heteroatoms. The SMILES string of the molecule is COC(=O)NNc1cccc(C(c2ccnc(N)n2)C(c2ccc(Cl)cc2)c2cccnc2)n1. The minimum Gasteiger partial charge on any atom is -0.452 e. The number of anilines is 2. The fraction of sp³-hybridized carbons (Fsp3) is 0.125. The number of pyridine rings is 2. The number of benzene rings is 1. The molecule has 2 unspecified atom stereocenters. The number of hydrogen-bond acceptors (Lipinski definition) is 8. The number of ether oxygens (including phenoxy) is 1. The Kier molecular flexibility index (Phi) is 7.14. The van der Waals surface area contributed by atoms with Crippen LogP contribution in [0.15, 0.2) is 79.3 Å². The van der Waals surface area contributed by atoms with Crippen molar-refractivity contribution in [3.63, 3.8) is 0 Å². The quantitative estimate of drug-likeness (QED) is 0.340. The number of carbonyl (C=O) groups excluding carboxylic acids is 1. The highest BCUT2D eigenvalue weighted by Crippen LogP contribution is 2.42. The standard InChI is InChI=1S/C24H22ClN7O2/c1-34-24(33)32-31-20-6-2-5-18(29-20)22(19-11-13-28-23(26)30-19)21(16-4-3-12-27-14-16)15-7-9-17(25)10-8-15/h2-14,21-22H,1H3,(H,29,31)(H,32,33)(H2,26,28,30). The second kappa shape index (κ2) is 10.6. The van der Waals surface area contributed by atoms with E-state index in [1.807, 2.05) is 60.8 Å². The first-order valence-electron chi connectivity index (χ1n) is 10.4. The third kappa shape index (κ3) is 5.38. The zero-order chi connectivity index (χ0) is 23.9. The average Bonchev–Trinajstić information content (AvgIpc) is 2.87. The van der Waals surface area contributed by atoms with Gasteiger partial charge in [0.1, 0.15) is 5.82 Å². The van der Waals surface area contributed by atoms with Crippen molar-refractivity contribution in [1.29, 1.82) is 0 Å². The molecule has 4 aromatic rings. The highest BCUT2D eigenvalue weighted by molar-refractivity contribution is 6.30. The fourth-order valence-electron chi connectivity index (χ4n) is 3.72. The van der Waals surface area contributed by atoms with Gasteiger partial charge in [-0.25, -0.2) is 25.2 Å². The van der Waals surface area contributed by atoms with Gasteiger partial charge in [-0.05, 0) is 47.5 Å². The highest BCUT2D eigenvalue weighted by atomic mass is 35.5. The molecular weight excluding hydrogens is 454 g/mol. The molecule has 0 saturated carbocycles. The van der Waals surface area contributed by atoms with E-state index in [9.17, 15) is 4.79 Å². The minimum atomic E-state index is -0.637. The van der Waals surface area contributed by atoms with Crippen LogP contribution in [-0.4, -0.2) is 33.1 Å². The Bertz CT molecular complexity index is 1260. The van der Waals surface area contributed by atoms with Gasteiger partial charge < -0.3 is 10.5 Å². The zero-order valence-electron chi connectivity index (χ0n) is 18.2. The summed E-state index contributed by atoms with van der Waals surface area (Å²) in [6.07, 6.45) is 4.52. The molecule has 0 radical (unpaired) electrons. The van der Waals surface area contributed by atoms with Gasteiger partial charge >= 0.3 is 6.09 Å². The molecule has 9 nitrogen and oxygen atoms in total. The largest absolute Gasteiger partial charge is 0.452 e. The van der Waals surface area contributed by atoms with Crippen LogP contribution in [0.5, 0.6) is 0 Å². The molecule has 4 N–H and O–H groups in total. The number of carbonyl (C=O) groups is 1. The summed E-state index contributed by atoms with van der Waals surface area (Å²) in [6.45, 7) is 0. The van der Waals surface area contributed by atoms with Crippen molar-refractivity contribution in [3.05, 3.63) is 107 Å². The van der Waals surface area contributed by atoms with E-state index in [1.165, 1.54) is 7.11 Å². The molecule has 34 heavy (non-hydrogen) atoms. The zero-order valence-corrected chi connectivity index (χ0v) is 19.0. The van der Waals surface area contributed by atoms with Gasteiger partial charge in [0.15, 0.2) is 0 Å². The van der Waals surface area contributed by atoms with Gasteiger partial charge in [0.2, 0.25) is 5.95 Å². The topological polar surface area (TPSA) is 128 Å². The number of hydrogen-bond donors (Lipinski definition) is 3. The number of nitrogens with zero attached hydrogens (tertiary/aromatic N) is 4. The van der Waals surface area contributed by atoms with E-state index in [4.69, 9.17) is 22.3 Å². The number of amides is 1. The third-order valence-electron chi connectivity index (χ3n) is 5.19. The number of halogens is 1. The Morgan fingerprint density at radius 3 is 2.44 bits per heavy atom. The summed E-state index contributed by atoms with van der Waals surface area (Å²) in [7, 11) is 1.28. The van der Waals surface area contributed by atoms with E-state index in [0.29, 0.717) is 22.2 Å². The van der Waals surface area contributed by atoms with E-state index in [1.54, 1.807) is 18.5 Å². The molecule has 0 spiro atoms. The summed E-state index contributed by atoms with van der Waals surface area (Å²) in [4.78, 5) is 29.2. The summed E-state index contributed by atoms with van der Waals surface area (Å²) >= 11 is 6.17. The monoisotopic (exact) mass is 475 g/mol. The number of methoxy groups -OCH3 is 1. The first-order chi connectivity index (χ1) is 16.5. The molecule has 0 aliphatic rings. The van der Waals surface area contributed by atoms with Crippen molar-refractivity contribution in [3.8, 4) is 0 Å². The van der Waals surface area contributed by atoms with Crippen LogP contribution in [0.3, 0.4) is 0 Å². The van der Waals surface area contributed by atoms with Gasteiger partial charge in [0.25, 0.3) is 0 Å². The Morgan fingerprint density at radius 1 is 0.941 bits per heavy atom. The fourth-order valence-corrected chi connectivity index (χ4v) is 3.85. The lowest BCUT2D eigenvalue weighted by Crippen LogP contribution is -2.29. The van der Waals surface area contributed by atoms with Gasteiger partial charge in [-0.1, -0.05) is 35.9 Å². The third-order valence-corrected chi connectivity index (χ3v) is 5.44. The van der Waals surface area contributed by atoms with Crippen LogP contribution in [0, 0.1) is 0 Å². The lowest BCUT2D eigenvalue weighted by atomic mass is 9.77. The van der Waals surface area contributed by atoms with Crippen LogP contribution in [-0.2, 0) is 4.74 Å². The van der Waals surface area contributed by atoms with Crippen LogP contribution in [0.4, 0.5) is 16.6 Å². The summed E-state index contributed by atoms with van der Waals surface area (Å²) in [5.41, 5.74) is 14.5. The number of rotatable bonds is 7. The van der Waals surface area contributed by atoms with E-state index in [0.717, 1.165) is 11.1 Å². The Hall–Kier alpha value is -4.24. The molecule has 1 amide bonds. The van der Waals surface area contributed by atoms with E-state index in [2.05, 4.69) is 30.5 Å². The lowest BCUT2D eigenvalue weighted by molar-refractivity contribution is 0.173. The number of nitrogen functional groups attached to an aromatic ring is 1. The maximum absolute atomic E-state index is 11.5. The van der Waals surface area contributed by atoms with Crippen molar-refractivity contribution < 1.29 is 9.53 Å². The van der Waals surface area contributed by atoms with Gasteiger partial charge in [-0.2, -0.15) is 0 Å². The molecule has 0 bridgehead atoms. The van der Waals surface area contributed by atoms with Crippen LogP contribution >= 0.6 is 11.6 Å². The van der Waals surface area contributed by atoms with Gasteiger partial charge in [-0.15, -0.1) is 0 Å². The molecule has 2 atom stereocenters. The first-order valence-corrected chi connectivity index (χ1v) is 10.7. The van der Waals surface area contributed by atoms with Gasteiger partial charge in [0, 0.05) is 29.5 Å². The maximum Gasteiger partial charge on any atom is 0.425 e. The smallest absolute Gasteiger partial charge is 0.425 e. The second-order valence-corrected chi connectivity index (χ2v) is 7.76. The number of hydrazine groups is 1. The highest BCUT2D eigenvalue weighted by Gasteiger charge is 2.31. The molecule has 1 aromatic carbocycles. The van der Waals surface area contributed by atoms with Crippen molar-refractivity contribution in [2.45, 2.75) is 11.8 Å². The average molecular weight is 476 g/mol. The Morgan fingerprint density at radius 2 is 1.74 bits per heavy atom. The van der Waals surface area contributed by atoms with Gasteiger partial charge in [-0.3, -0.25) is 10.4 Å². The number of nitrogens with one attached hydrogen (secondary N) is 2. The Labute approximate surface area is 201 Å². The number of aromatic nitrogens is 4. The number of nitrogens with two attached hydrogens (primary N) is 1. The minimum absolute atomic E-state index is 0.158. The summed E-state index contributed by atoms with van der Waals surface area (Å²) in [5, 5.41) is 0.634. The van der Waals surface area contributed by atoms with Gasteiger partial charge in [0.05, 0.1) is 24.4 Å². The van der Waals surface area contributed by atoms with Crippen molar-refractivity contribution in [2.75, 3.05) is 18.3 Å². The van der Waals surface area contributed by atoms with E-state index >= 15 is 0 Å². The lowest BCUT2D eigenvalue weighted by Gasteiger charge is -2.28. The van der Waals surface area contributed by atoms with E-state index in [-0.39, 0.29) is 17.8 Å². The Balaban J connectivity index is 1.86. The molecule has 3 aromatic heterocycles. The predicted octanol–water partition coefficient (Wildman–Crippen LogP) is 4.15. The summed E-state index contributed by atoms with van der Waals surface area (Å²) < 4.78 is 4.61. The molecule has 0 aliphatic carbocycles. The van der Waals surface area contributed by atoms with E-state index < -0.39 is 6.09 Å². The molecular formula is C24H22ClN7O2. The normalized spacial score (nSPS) is 12.4.